The highest BCUT2D eigenvalue weighted by atomic mass is 35.5. The van der Waals surface area contributed by atoms with Gasteiger partial charge in [-0.25, -0.2) is 0 Å². The van der Waals surface area contributed by atoms with Crippen LogP contribution in [0, 0.1) is 5.41 Å². The molecular formula is C19H21ClN4OS. The second-order valence-electron chi connectivity index (χ2n) is 7.01. The van der Waals surface area contributed by atoms with Crippen molar-refractivity contribution in [2.24, 2.45) is 5.41 Å². The minimum atomic E-state index is -0.0207. The first-order valence-corrected chi connectivity index (χ1v) is 10.1. The van der Waals surface area contributed by atoms with Crippen LogP contribution < -0.4 is 5.32 Å². The van der Waals surface area contributed by atoms with E-state index >= 15 is 0 Å². The number of hydrogen-bond acceptors (Lipinski definition) is 5. The fourth-order valence-corrected chi connectivity index (χ4v) is 4.70. The molecule has 1 spiro atoms. The fraction of sp³-hybridized carbons (Fsp3) is 0.421. The molecule has 2 aliphatic rings. The van der Waals surface area contributed by atoms with Gasteiger partial charge < -0.3 is 10.2 Å². The van der Waals surface area contributed by atoms with Gasteiger partial charge in [0.25, 0.3) is 5.91 Å². The van der Waals surface area contributed by atoms with Crippen LogP contribution in [0.4, 0.5) is 0 Å². The summed E-state index contributed by atoms with van der Waals surface area (Å²) < 4.78 is 0. The largest absolute Gasteiger partial charge is 0.337 e. The lowest BCUT2D eigenvalue weighted by molar-refractivity contribution is 0.0600. The lowest BCUT2D eigenvalue weighted by atomic mass is 9.78. The van der Waals surface area contributed by atoms with Gasteiger partial charge in [0.05, 0.1) is 5.02 Å². The van der Waals surface area contributed by atoms with E-state index < -0.39 is 0 Å². The SMILES string of the molecule is O=C(c1ccc(Sc2ccccc2Cl)nn1)N1CCC2(CCNC2)CC1. The number of halogens is 1. The predicted octanol–water partition coefficient (Wildman–Crippen LogP) is 3.50. The van der Waals surface area contributed by atoms with Gasteiger partial charge in [0.2, 0.25) is 0 Å². The first-order chi connectivity index (χ1) is 12.7. The van der Waals surface area contributed by atoms with Crippen molar-refractivity contribution in [1.29, 1.82) is 0 Å². The van der Waals surface area contributed by atoms with Crippen LogP contribution in [0.25, 0.3) is 0 Å². The Balaban J connectivity index is 1.39. The molecule has 5 nitrogen and oxygen atoms in total. The maximum Gasteiger partial charge on any atom is 0.274 e. The van der Waals surface area contributed by atoms with Crippen molar-refractivity contribution in [3.63, 3.8) is 0 Å². The van der Waals surface area contributed by atoms with Gasteiger partial charge in [0, 0.05) is 24.5 Å². The molecule has 0 atom stereocenters. The number of aromatic nitrogens is 2. The third-order valence-corrected chi connectivity index (χ3v) is 6.80. The van der Waals surface area contributed by atoms with Gasteiger partial charge in [-0.05, 0) is 55.5 Å². The molecule has 26 heavy (non-hydrogen) atoms. The highest BCUT2D eigenvalue weighted by molar-refractivity contribution is 7.99. The molecule has 0 saturated carbocycles. The molecule has 136 valence electrons. The summed E-state index contributed by atoms with van der Waals surface area (Å²) in [5.41, 5.74) is 0.812. The quantitative estimate of drug-likeness (QED) is 0.872. The monoisotopic (exact) mass is 388 g/mol. The number of carbonyl (C=O) groups excluding carboxylic acids is 1. The van der Waals surface area contributed by atoms with Gasteiger partial charge in [-0.2, -0.15) is 0 Å². The molecule has 0 radical (unpaired) electrons. The summed E-state index contributed by atoms with van der Waals surface area (Å²) in [7, 11) is 0. The number of piperidine rings is 1. The van der Waals surface area contributed by atoms with Crippen LogP contribution in [0.1, 0.15) is 29.8 Å². The molecule has 1 aromatic carbocycles. The third kappa shape index (κ3) is 3.72. The Morgan fingerprint density at radius 2 is 1.92 bits per heavy atom. The molecule has 2 fully saturated rings. The summed E-state index contributed by atoms with van der Waals surface area (Å²) in [6, 6.07) is 11.2. The minimum absolute atomic E-state index is 0.0207. The molecule has 0 unspecified atom stereocenters. The van der Waals surface area contributed by atoms with Crippen molar-refractivity contribution in [3.05, 3.63) is 47.1 Å². The maximum absolute atomic E-state index is 12.7. The standard InChI is InChI=1S/C19H21ClN4OS/c20-14-3-1-2-4-16(14)26-17-6-5-15(22-23-17)18(25)24-11-8-19(9-12-24)7-10-21-13-19/h1-6,21H,7-13H2. The van der Waals surface area contributed by atoms with E-state index in [-0.39, 0.29) is 5.91 Å². The molecule has 1 amide bonds. The van der Waals surface area contributed by atoms with E-state index in [1.165, 1.54) is 18.2 Å². The number of nitrogens with one attached hydrogen (secondary N) is 1. The topological polar surface area (TPSA) is 58.1 Å². The number of benzene rings is 1. The number of amides is 1. The van der Waals surface area contributed by atoms with Crippen molar-refractivity contribution in [1.82, 2.24) is 20.4 Å². The van der Waals surface area contributed by atoms with E-state index in [0.29, 0.717) is 16.1 Å². The molecule has 4 rings (SSSR count). The fourth-order valence-electron chi connectivity index (χ4n) is 3.70. The first-order valence-electron chi connectivity index (χ1n) is 8.91. The van der Waals surface area contributed by atoms with Crippen molar-refractivity contribution in [2.75, 3.05) is 26.2 Å². The summed E-state index contributed by atoms with van der Waals surface area (Å²) in [6.07, 6.45) is 3.36. The second kappa shape index (κ2) is 7.55. The van der Waals surface area contributed by atoms with Crippen LogP contribution in [0.15, 0.2) is 46.3 Å². The van der Waals surface area contributed by atoms with Gasteiger partial charge in [-0.15, -0.1) is 10.2 Å². The van der Waals surface area contributed by atoms with E-state index in [4.69, 9.17) is 11.6 Å². The number of hydrogen-bond donors (Lipinski definition) is 1. The van der Waals surface area contributed by atoms with Gasteiger partial charge in [0.15, 0.2) is 5.69 Å². The van der Waals surface area contributed by atoms with Crippen LogP contribution in [-0.2, 0) is 0 Å². The van der Waals surface area contributed by atoms with E-state index in [1.54, 1.807) is 6.07 Å². The summed E-state index contributed by atoms with van der Waals surface area (Å²) in [5.74, 6) is -0.0207. The molecule has 0 bridgehead atoms. The summed E-state index contributed by atoms with van der Waals surface area (Å²) in [5, 5.41) is 13.2. The molecule has 2 saturated heterocycles. The lowest BCUT2D eigenvalue weighted by Crippen LogP contribution is -2.44. The van der Waals surface area contributed by atoms with Crippen LogP contribution in [0.2, 0.25) is 5.02 Å². The smallest absolute Gasteiger partial charge is 0.274 e. The Hall–Kier alpha value is -1.63. The molecule has 7 heteroatoms. The van der Waals surface area contributed by atoms with Gasteiger partial charge in [0.1, 0.15) is 5.03 Å². The normalized spacial score (nSPS) is 19.0. The molecular weight excluding hydrogens is 368 g/mol. The Labute approximate surface area is 162 Å². The average Bonchev–Trinajstić information content (AvgIpc) is 3.12. The van der Waals surface area contributed by atoms with E-state index in [9.17, 15) is 4.79 Å². The van der Waals surface area contributed by atoms with Crippen LogP contribution >= 0.6 is 23.4 Å². The van der Waals surface area contributed by atoms with Crippen molar-refractivity contribution < 1.29 is 4.79 Å². The Morgan fingerprint density at radius 1 is 1.12 bits per heavy atom. The maximum atomic E-state index is 12.7. The number of likely N-dealkylation sites (tertiary alicyclic amines) is 1. The Morgan fingerprint density at radius 3 is 2.58 bits per heavy atom. The third-order valence-electron chi connectivity index (χ3n) is 5.35. The van der Waals surface area contributed by atoms with Gasteiger partial charge >= 0.3 is 0 Å². The summed E-state index contributed by atoms with van der Waals surface area (Å²) in [4.78, 5) is 15.5. The van der Waals surface area contributed by atoms with Crippen molar-refractivity contribution >= 4 is 29.3 Å². The van der Waals surface area contributed by atoms with E-state index in [2.05, 4.69) is 15.5 Å². The predicted molar refractivity (Wildman–Crippen MR) is 103 cm³/mol. The zero-order valence-electron chi connectivity index (χ0n) is 14.4. The lowest BCUT2D eigenvalue weighted by Gasteiger charge is -2.38. The number of nitrogens with zero attached hydrogens (tertiary/aromatic N) is 3. The highest BCUT2D eigenvalue weighted by Gasteiger charge is 2.38. The molecule has 0 aliphatic carbocycles. The zero-order valence-corrected chi connectivity index (χ0v) is 16.0. The average molecular weight is 389 g/mol. The molecule has 1 aromatic heterocycles. The number of carbonyl (C=O) groups is 1. The minimum Gasteiger partial charge on any atom is -0.337 e. The molecule has 1 N–H and O–H groups in total. The summed E-state index contributed by atoms with van der Waals surface area (Å²) >= 11 is 7.62. The van der Waals surface area contributed by atoms with Crippen molar-refractivity contribution in [3.8, 4) is 0 Å². The van der Waals surface area contributed by atoms with E-state index in [0.717, 1.165) is 48.9 Å². The van der Waals surface area contributed by atoms with Crippen LogP contribution in [0.3, 0.4) is 0 Å². The van der Waals surface area contributed by atoms with Crippen molar-refractivity contribution in [2.45, 2.75) is 29.2 Å². The highest BCUT2D eigenvalue weighted by Crippen LogP contribution is 2.37. The summed E-state index contributed by atoms with van der Waals surface area (Å²) in [6.45, 7) is 3.80. The van der Waals surface area contributed by atoms with E-state index in [1.807, 2.05) is 35.2 Å². The Kier molecular flexibility index (Phi) is 5.16. The molecule has 2 aromatic rings. The number of rotatable bonds is 3. The van der Waals surface area contributed by atoms with Crippen LogP contribution in [0.5, 0.6) is 0 Å². The van der Waals surface area contributed by atoms with Crippen LogP contribution in [-0.4, -0.2) is 47.2 Å². The molecule has 3 heterocycles. The molecule has 2 aliphatic heterocycles. The zero-order chi connectivity index (χ0) is 18.0. The van der Waals surface area contributed by atoms with Gasteiger partial charge in [-0.3, -0.25) is 4.79 Å². The second-order valence-corrected chi connectivity index (χ2v) is 8.48. The first kappa shape index (κ1) is 17.8. The van der Waals surface area contributed by atoms with Gasteiger partial charge in [-0.1, -0.05) is 35.5 Å². The Bertz CT molecular complexity index is 782.